The number of ether oxygens (including phenoxy) is 1. The van der Waals surface area contributed by atoms with Gasteiger partial charge in [0.2, 0.25) is 0 Å². The molecule has 0 amide bonds. The second-order valence-corrected chi connectivity index (χ2v) is 9.43. The molecule has 0 aromatic carbocycles. The molecule has 3 atom stereocenters. The molecular formula is C14H27NO3S. The van der Waals surface area contributed by atoms with Crippen molar-refractivity contribution in [2.75, 3.05) is 24.7 Å². The molecule has 0 aliphatic carbocycles. The standard InChI is InChI=1S/C14H27NO3S/c1-11-14(6-7-18-11,10-15-13(2,3)4)12-5-8-19(16,17)9-12/h11-12,15H,5-10H2,1-4H3. The summed E-state index contributed by atoms with van der Waals surface area (Å²) in [6.45, 7) is 10.1. The molecule has 0 aromatic rings. The highest BCUT2D eigenvalue weighted by atomic mass is 32.2. The van der Waals surface area contributed by atoms with E-state index in [0.717, 1.165) is 26.0 Å². The van der Waals surface area contributed by atoms with E-state index in [1.807, 2.05) is 0 Å². The van der Waals surface area contributed by atoms with Crippen molar-refractivity contribution in [3.05, 3.63) is 0 Å². The van der Waals surface area contributed by atoms with Crippen LogP contribution in [0.5, 0.6) is 0 Å². The number of nitrogens with one attached hydrogen (secondary N) is 1. The second kappa shape index (κ2) is 5.01. The molecule has 0 aromatic heterocycles. The van der Waals surface area contributed by atoms with E-state index in [9.17, 15) is 8.42 Å². The summed E-state index contributed by atoms with van der Waals surface area (Å²) in [5, 5.41) is 3.56. The largest absolute Gasteiger partial charge is 0.378 e. The van der Waals surface area contributed by atoms with Crippen LogP contribution < -0.4 is 5.32 Å². The Bertz CT molecular complexity index is 426. The lowest BCUT2D eigenvalue weighted by molar-refractivity contribution is 0.0307. The van der Waals surface area contributed by atoms with Crippen LogP contribution in [-0.4, -0.2) is 44.7 Å². The maximum Gasteiger partial charge on any atom is 0.150 e. The minimum Gasteiger partial charge on any atom is -0.378 e. The Morgan fingerprint density at radius 3 is 2.47 bits per heavy atom. The summed E-state index contributed by atoms with van der Waals surface area (Å²) in [6.07, 6.45) is 1.90. The maximum atomic E-state index is 11.8. The summed E-state index contributed by atoms with van der Waals surface area (Å²) >= 11 is 0. The Morgan fingerprint density at radius 1 is 1.37 bits per heavy atom. The Labute approximate surface area is 117 Å². The van der Waals surface area contributed by atoms with Crippen LogP contribution in [0.1, 0.15) is 40.5 Å². The third-order valence-electron chi connectivity index (χ3n) is 4.74. The van der Waals surface area contributed by atoms with Gasteiger partial charge in [0.15, 0.2) is 9.84 Å². The quantitative estimate of drug-likeness (QED) is 0.857. The SMILES string of the molecule is CC1OCCC1(CNC(C)(C)C)C1CCS(=O)(=O)C1. The van der Waals surface area contributed by atoms with E-state index in [2.05, 4.69) is 33.0 Å². The monoisotopic (exact) mass is 289 g/mol. The molecule has 0 radical (unpaired) electrons. The van der Waals surface area contributed by atoms with E-state index in [-0.39, 0.29) is 23.0 Å². The fraction of sp³-hybridized carbons (Fsp3) is 1.00. The smallest absolute Gasteiger partial charge is 0.150 e. The van der Waals surface area contributed by atoms with Crippen LogP contribution in [0.2, 0.25) is 0 Å². The van der Waals surface area contributed by atoms with Crippen molar-refractivity contribution in [2.45, 2.75) is 52.2 Å². The minimum atomic E-state index is -2.83. The van der Waals surface area contributed by atoms with Crippen molar-refractivity contribution in [1.82, 2.24) is 5.32 Å². The molecule has 2 fully saturated rings. The van der Waals surface area contributed by atoms with E-state index in [1.54, 1.807) is 0 Å². The average Bonchev–Trinajstić information content (AvgIpc) is 2.79. The van der Waals surface area contributed by atoms with Gasteiger partial charge < -0.3 is 10.1 Å². The van der Waals surface area contributed by atoms with Gasteiger partial charge in [0.05, 0.1) is 17.6 Å². The van der Waals surface area contributed by atoms with Crippen molar-refractivity contribution in [3.8, 4) is 0 Å². The van der Waals surface area contributed by atoms with E-state index in [4.69, 9.17) is 4.74 Å². The average molecular weight is 289 g/mol. The molecule has 2 aliphatic rings. The van der Waals surface area contributed by atoms with Crippen molar-refractivity contribution in [1.29, 1.82) is 0 Å². The van der Waals surface area contributed by atoms with E-state index < -0.39 is 9.84 Å². The molecular weight excluding hydrogens is 262 g/mol. The van der Waals surface area contributed by atoms with Crippen LogP contribution in [0.4, 0.5) is 0 Å². The highest BCUT2D eigenvalue weighted by molar-refractivity contribution is 7.91. The summed E-state index contributed by atoms with van der Waals surface area (Å²) in [5.74, 6) is 0.929. The van der Waals surface area contributed by atoms with Crippen LogP contribution >= 0.6 is 0 Å². The molecule has 1 N–H and O–H groups in total. The van der Waals surface area contributed by atoms with Crippen molar-refractivity contribution < 1.29 is 13.2 Å². The fourth-order valence-corrected chi connectivity index (χ4v) is 5.31. The Hall–Kier alpha value is -0.130. The molecule has 2 aliphatic heterocycles. The minimum absolute atomic E-state index is 0.0170. The predicted molar refractivity (Wildman–Crippen MR) is 77.0 cm³/mol. The van der Waals surface area contributed by atoms with Gasteiger partial charge in [-0.25, -0.2) is 8.42 Å². The van der Waals surface area contributed by atoms with Gasteiger partial charge in [-0.2, -0.15) is 0 Å². The van der Waals surface area contributed by atoms with Gasteiger partial charge in [-0.05, 0) is 46.5 Å². The summed E-state index contributed by atoms with van der Waals surface area (Å²) in [6, 6.07) is 0. The first-order valence-electron chi connectivity index (χ1n) is 7.22. The van der Waals surface area contributed by atoms with Gasteiger partial charge in [-0.15, -0.1) is 0 Å². The van der Waals surface area contributed by atoms with Crippen molar-refractivity contribution in [2.24, 2.45) is 11.3 Å². The van der Waals surface area contributed by atoms with E-state index in [0.29, 0.717) is 11.5 Å². The Kier molecular flexibility index (Phi) is 4.02. The van der Waals surface area contributed by atoms with Gasteiger partial charge in [0, 0.05) is 24.1 Å². The van der Waals surface area contributed by atoms with Crippen LogP contribution in [-0.2, 0) is 14.6 Å². The molecule has 2 rings (SSSR count). The van der Waals surface area contributed by atoms with Gasteiger partial charge >= 0.3 is 0 Å². The van der Waals surface area contributed by atoms with Crippen LogP contribution in [0.3, 0.4) is 0 Å². The topological polar surface area (TPSA) is 55.4 Å². The molecule has 5 heteroatoms. The molecule has 19 heavy (non-hydrogen) atoms. The first-order valence-corrected chi connectivity index (χ1v) is 9.04. The van der Waals surface area contributed by atoms with Crippen LogP contribution in [0, 0.1) is 11.3 Å². The highest BCUT2D eigenvalue weighted by Gasteiger charge is 2.51. The summed E-state index contributed by atoms with van der Waals surface area (Å²) in [7, 11) is -2.83. The molecule has 3 unspecified atom stereocenters. The first-order chi connectivity index (χ1) is 8.65. The lowest BCUT2D eigenvalue weighted by Crippen LogP contribution is -2.50. The summed E-state index contributed by atoms with van der Waals surface area (Å²) in [4.78, 5) is 0. The highest BCUT2D eigenvalue weighted by Crippen LogP contribution is 2.46. The lowest BCUT2D eigenvalue weighted by atomic mass is 9.70. The van der Waals surface area contributed by atoms with Gasteiger partial charge in [0.25, 0.3) is 0 Å². The van der Waals surface area contributed by atoms with Gasteiger partial charge in [0.1, 0.15) is 0 Å². The normalized spacial score (nSPS) is 38.7. The Morgan fingerprint density at radius 2 is 2.05 bits per heavy atom. The zero-order valence-electron chi connectivity index (χ0n) is 12.5. The third-order valence-corrected chi connectivity index (χ3v) is 6.51. The Balaban J connectivity index is 2.16. The van der Waals surface area contributed by atoms with E-state index >= 15 is 0 Å². The molecule has 2 saturated heterocycles. The summed E-state index contributed by atoms with van der Waals surface area (Å²) in [5.41, 5.74) is 0.0314. The maximum absolute atomic E-state index is 11.8. The second-order valence-electron chi connectivity index (χ2n) is 7.20. The molecule has 0 spiro atoms. The number of sulfone groups is 1. The lowest BCUT2D eigenvalue weighted by Gasteiger charge is -2.40. The van der Waals surface area contributed by atoms with Crippen LogP contribution in [0.15, 0.2) is 0 Å². The molecule has 4 nitrogen and oxygen atoms in total. The zero-order chi connectivity index (χ0) is 14.3. The van der Waals surface area contributed by atoms with Crippen LogP contribution in [0.25, 0.3) is 0 Å². The predicted octanol–water partition coefficient (Wildman–Crippen LogP) is 1.60. The number of hydrogen-bond acceptors (Lipinski definition) is 4. The van der Waals surface area contributed by atoms with Crippen molar-refractivity contribution >= 4 is 9.84 Å². The van der Waals surface area contributed by atoms with Gasteiger partial charge in [-0.1, -0.05) is 0 Å². The molecule has 2 heterocycles. The van der Waals surface area contributed by atoms with E-state index in [1.165, 1.54) is 0 Å². The third kappa shape index (κ3) is 3.31. The molecule has 0 bridgehead atoms. The molecule has 112 valence electrons. The summed E-state index contributed by atoms with van der Waals surface area (Å²) < 4.78 is 29.4. The number of hydrogen-bond donors (Lipinski definition) is 1. The molecule has 0 saturated carbocycles. The first kappa shape index (κ1) is 15.3. The van der Waals surface area contributed by atoms with Crippen molar-refractivity contribution in [3.63, 3.8) is 0 Å². The van der Waals surface area contributed by atoms with Gasteiger partial charge in [-0.3, -0.25) is 0 Å². The number of rotatable bonds is 3. The zero-order valence-corrected chi connectivity index (χ0v) is 13.3. The fourth-order valence-electron chi connectivity index (χ4n) is 3.39.